The van der Waals surface area contributed by atoms with Crippen molar-refractivity contribution in [2.24, 2.45) is 0 Å². The van der Waals surface area contributed by atoms with Crippen molar-refractivity contribution >= 4 is 5.69 Å². The molecule has 86 valence electrons. The number of hydrogen-bond acceptors (Lipinski definition) is 2. The van der Waals surface area contributed by atoms with E-state index in [4.69, 9.17) is 0 Å². The second-order valence-corrected chi connectivity index (χ2v) is 6.36. The lowest BCUT2D eigenvalue weighted by Gasteiger charge is -1.93. The van der Waals surface area contributed by atoms with Gasteiger partial charge in [0.05, 0.1) is 11.0 Å². The average molecular weight is 360 g/mol. The van der Waals surface area contributed by atoms with E-state index < -0.39 is 0 Å². The molecule has 1 heterocycles. The monoisotopic (exact) mass is 359 g/mol. The standard InChI is InChI=1S/C12H7INO2.ClH/c15-14(16)8-5-6-10-9-3-1-2-4-11(9)13-12(10)7-8;/h1-7H;1H/q+1;/p-1. The van der Waals surface area contributed by atoms with Gasteiger partial charge >= 0.3 is 21.2 Å². The molecule has 0 aromatic heterocycles. The maximum atomic E-state index is 10.7. The molecule has 5 heteroatoms. The lowest BCUT2D eigenvalue weighted by Crippen LogP contribution is -3.61. The summed E-state index contributed by atoms with van der Waals surface area (Å²) in [5, 5.41) is 10.7. The number of nitrogens with zero attached hydrogens (tertiary/aromatic N) is 1. The maximum Gasteiger partial charge on any atom is 0.359 e. The summed E-state index contributed by atoms with van der Waals surface area (Å²) < 4.78 is 2.52. The second-order valence-electron chi connectivity index (χ2n) is 3.50. The molecule has 0 saturated carbocycles. The highest BCUT2D eigenvalue weighted by molar-refractivity contribution is 5.65. The third-order valence-electron chi connectivity index (χ3n) is 2.53. The predicted molar refractivity (Wildman–Crippen MR) is 55.9 cm³/mol. The Labute approximate surface area is 115 Å². The van der Waals surface area contributed by atoms with Crippen molar-refractivity contribution in [3.8, 4) is 11.1 Å². The molecule has 1 aliphatic heterocycles. The zero-order valence-electron chi connectivity index (χ0n) is 8.56. The fourth-order valence-corrected chi connectivity index (χ4v) is 4.80. The number of hydrogen-bond donors (Lipinski definition) is 0. The molecule has 0 aliphatic carbocycles. The number of non-ortho nitro benzene ring substituents is 1. The van der Waals surface area contributed by atoms with Crippen LogP contribution >= 0.6 is 0 Å². The summed E-state index contributed by atoms with van der Waals surface area (Å²) in [6.07, 6.45) is 0. The number of nitro groups is 1. The fraction of sp³-hybridized carbons (Fsp3) is 0. The van der Waals surface area contributed by atoms with Crippen LogP contribution in [0.1, 0.15) is 0 Å². The van der Waals surface area contributed by atoms with E-state index in [1.54, 1.807) is 12.1 Å². The van der Waals surface area contributed by atoms with Crippen LogP contribution in [0.2, 0.25) is 0 Å². The first-order valence-electron chi connectivity index (χ1n) is 4.78. The van der Waals surface area contributed by atoms with E-state index in [0.717, 1.165) is 3.57 Å². The molecule has 2 aromatic carbocycles. The molecule has 2 aromatic rings. The van der Waals surface area contributed by atoms with E-state index in [9.17, 15) is 10.1 Å². The minimum absolute atomic E-state index is 0. The third kappa shape index (κ3) is 2.02. The minimum atomic E-state index is -0.326. The summed E-state index contributed by atoms with van der Waals surface area (Å²) in [5.74, 6) is 0. The number of nitro benzene ring substituents is 1. The Bertz CT molecular complexity index is 601. The number of fused-ring (bicyclic) bond motifs is 3. The van der Waals surface area contributed by atoms with Gasteiger partial charge in [-0.3, -0.25) is 10.1 Å². The van der Waals surface area contributed by atoms with Crippen LogP contribution in [0.4, 0.5) is 5.69 Å². The van der Waals surface area contributed by atoms with Crippen LogP contribution in [0.25, 0.3) is 11.1 Å². The number of benzene rings is 2. The van der Waals surface area contributed by atoms with Gasteiger partial charge in [0.1, 0.15) is 0 Å². The number of halogens is 2. The van der Waals surface area contributed by atoms with Gasteiger partial charge in [0.15, 0.2) is 0 Å². The van der Waals surface area contributed by atoms with Gasteiger partial charge in [0.25, 0.3) is 5.69 Å². The molecule has 17 heavy (non-hydrogen) atoms. The average Bonchev–Trinajstić information content (AvgIpc) is 2.66. The first-order valence-corrected chi connectivity index (χ1v) is 6.94. The predicted octanol–water partition coefficient (Wildman–Crippen LogP) is -3.29. The molecule has 3 rings (SSSR count). The zero-order chi connectivity index (χ0) is 11.1. The van der Waals surface area contributed by atoms with Crippen molar-refractivity contribution in [3.63, 3.8) is 0 Å². The molecule has 0 atom stereocenters. The van der Waals surface area contributed by atoms with Crippen LogP contribution in [0.3, 0.4) is 0 Å². The summed E-state index contributed by atoms with van der Waals surface area (Å²) in [6.45, 7) is 0. The first kappa shape index (κ1) is 12.3. The molecular weight excluding hydrogens is 352 g/mol. The molecule has 0 bridgehead atoms. The van der Waals surface area contributed by atoms with Crippen molar-refractivity contribution < 1.29 is 38.5 Å². The van der Waals surface area contributed by atoms with Gasteiger partial charge in [-0.25, -0.2) is 0 Å². The van der Waals surface area contributed by atoms with E-state index in [0.29, 0.717) is 0 Å². The largest absolute Gasteiger partial charge is 1.00 e. The highest BCUT2D eigenvalue weighted by Crippen LogP contribution is 2.24. The molecule has 0 amide bonds. The van der Waals surface area contributed by atoms with Crippen molar-refractivity contribution in [3.05, 3.63) is 59.7 Å². The highest BCUT2D eigenvalue weighted by atomic mass is 127. The van der Waals surface area contributed by atoms with Crippen molar-refractivity contribution in [1.29, 1.82) is 0 Å². The summed E-state index contributed by atoms with van der Waals surface area (Å²) in [5.41, 5.74) is 2.63. The Hall–Kier alpha value is -1.14. The topological polar surface area (TPSA) is 43.1 Å². The normalized spacial score (nSPS) is 11.3. The van der Waals surface area contributed by atoms with Gasteiger partial charge in [-0.15, -0.1) is 0 Å². The smallest absolute Gasteiger partial charge is 0.359 e. The quantitative estimate of drug-likeness (QED) is 0.260. The van der Waals surface area contributed by atoms with E-state index in [1.165, 1.54) is 14.7 Å². The van der Waals surface area contributed by atoms with Crippen LogP contribution in [0, 0.1) is 17.3 Å². The van der Waals surface area contributed by atoms with Crippen LogP contribution in [-0.4, -0.2) is 4.92 Å². The lowest BCUT2D eigenvalue weighted by molar-refractivity contribution is -0.590. The summed E-state index contributed by atoms with van der Waals surface area (Å²) in [7, 11) is 0. The van der Waals surface area contributed by atoms with E-state index in [1.807, 2.05) is 18.2 Å². The van der Waals surface area contributed by atoms with E-state index >= 15 is 0 Å². The van der Waals surface area contributed by atoms with Crippen molar-refractivity contribution in [1.82, 2.24) is 0 Å². The van der Waals surface area contributed by atoms with Gasteiger partial charge < -0.3 is 12.4 Å². The first-order chi connectivity index (χ1) is 7.75. The Kier molecular flexibility index (Phi) is 3.35. The van der Waals surface area contributed by atoms with Gasteiger partial charge in [-0.2, -0.15) is 0 Å². The van der Waals surface area contributed by atoms with Crippen LogP contribution < -0.4 is 33.6 Å². The van der Waals surface area contributed by atoms with Crippen LogP contribution in [0.5, 0.6) is 0 Å². The molecule has 0 unspecified atom stereocenters. The minimum Gasteiger partial charge on any atom is -1.00 e. The second kappa shape index (κ2) is 4.62. The molecule has 3 nitrogen and oxygen atoms in total. The Balaban J connectivity index is 0.00000108. The molecule has 0 N–H and O–H groups in total. The number of rotatable bonds is 1. The Morgan fingerprint density at radius 2 is 1.71 bits per heavy atom. The summed E-state index contributed by atoms with van der Waals surface area (Å²) in [4.78, 5) is 10.4. The van der Waals surface area contributed by atoms with E-state index in [2.05, 4.69) is 12.1 Å². The fourth-order valence-electron chi connectivity index (χ4n) is 1.79. The summed E-state index contributed by atoms with van der Waals surface area (Å²) >= 11 is -0.244. The summed E-state index contributed by atoms with van der Waals surface area (Å²) in [6, 6.07) is 13.4. The third-order valence-corrected chi connectivity index (χ3v) is 5.53. The SMILES string of the molecule is O=[N+]([O-])c1ccc2c(c1)[I+]c1ccccc1-2.[Cl-]. The molecule has 0 fully saturated rings. The van der Waals surface area contributed by atoms with Gasteiger partial charge in [-0.1, -0.05) is 12.1 Å². The lowest BCUT2D eigenvalue weighted by atomic mass is 10.1. The zero-order valence-corrected chi connectivity index (χ0v) is 11.5. The van der Waals surface area contributed by atoms with Crippen molar-refractivity contribution in [2.75, 3.05) is 0 Å². The van der Waals surface area contributed by atoms with Gasteiger partial charge in [0, 0.05) is 17.2 Å². The van der Waals surface area contributed by atoms with Crippen molar-refractivity contribution in [2.45, 2.75) is 0 Å². The maximum absolute atomic E-state index is 10.7. The molecule has 0 radical (unpaired) electrons. The Morgan fingerprint density at radius 3 is 2.47 bits per heavy atom. The van der Waals surface area contributed by atoms with Crippen LogP contribution in [0.15, 0.2) is 42.5 Å². The molecular formula is C12H7ClINO2. The van der Waals surface area contributed by atoms with Crippen LogP contribution in [-0.2, 0) is 0 Å². The molecule has 0 spiro atoms. The Morgan fingerprint density at radius 1 is 1.00 bits per heavy atom. The molecule has 1 aliphatic rings. The van der Waals surface area contributed by atoms with Gasteiger partial charge in [-0.05, 0) is 18.2 Å². The highest BCUT2D eigenvalue weighted by Gasteiger charge is 2.34. The van der Waals surface area contributed by atoms with Gasteiger partial charge in [0.2, 0.25) is 7.14 Å². The van der Waals surface area contributed by atoms with E-state index in [-0.39, 0.29) is 44.2 Å². The molecule has 0 saturated heterocycles.